The van der Waals surface area contributed by atoms with Crippen molar-refractivity contribution in [2.75, 3.05) is 0 Å². The molecular weight excluding hydrogens is 407 g/mol. The molecule has 1 aliphatic heterocycles. The van der Waals surface area contributed by atoms with Crippen molar-refractivity contribution in [1.82, 2.24) is 4.98 Å². The van der Waals surface area contributed by atoms with Crippen LogP contribution in [0.15, 0.2) is 30.6 Å². The molecule has 4 nitrogen and oxygen atoms in total. The van der Waals surface area contributed by atoms with Crippen molar-refractivity contribution in [2.45, 2.75) is 76.4 Å². The minimum Gasteiger partial charge on any atom is -0.399 e. The molecule has 1 saturated heterocycles. The normalized spacial score (nSPS) is 36.2. The van der Waals surface area contributed by atoms with Gasteiger partial charge in [-0.3, -0.25) is 4.98 Å². The second-order valence-corrected chi connectivity index (χ2v) is 12.3. The van der Waals surface area contributed by atoms with Crippen LogP contribution in [0.4, 0.5) is 0 Å². The van der Waals surface area contributed by atoms with Gasteiger partial charge in [-0.05, 0) is 112 Å². The molecule has 5 fully saturated rings. The van der Waals surface area contributed by atoms with Gasteiger partial charge in [0.15, 0.2) is 0 Å². The summed E-state index contributed by atoms with van der Waals surface area (Å²) in [5.74, 6) is 3.15. The first-order valence-electron chi connectivity index (χ1n) is 12.6. The van der Waals surface area contributed by atoms with Gasteiger partial charge in [0.25, 0.3) is 0 Å². The van der Waals surface area contributed by atoms with Crippen molar-refractivity contribution in [3.8, 4) is 17.2 Å². The third-order valence-electron chi connectivity index (χ3n) is 10.2. The van der Waals surface area contributed by atoms with Gasteiger partial charge in [-0.15, -0.1) is 0 Å². The smallest absolute Gasteiger partial charge is 0.399 e. The van der Waals surface area contributed by atoms with E-state index in [1.807, 2.05) is 12.4 Å². The Morgan fingerprint density at radius 1 is 0.909 bits per heavy atom. The Hall–Kier alpha value is -2.16. The van der Waals surface area contributed by atoms with E-state index in [1.54, 1.807) is 0 Å². The lowest BCUT2D eigenvalue weighted by molar-refractivity contribution is -0.0399. The van der Waals surface area contributed by atoms with Crippen LogP contribution in [0.3, 0.4) is 0 Å². The molecule has 0 N–H and O–H groups in total. The zero-order valence-corrected chi connectivity index (χ0v) is 20.0. The summed E-state index contributed by atoms with van der Waals surface area (Å²) in [5.41, 5.74) is 6.03. The monoisotopic (exact) mass is 438 g/mol. The number of rotatable bonds is 1. The fraction of sp³-hybridized carbons (Fsp3) is 0.571. The summed E-state index contributed by atoms with van der Waals surface area (Å²) in [4.78, 5) is 4.51. The van der Waals surface area contributed by atoms with Gasteiger partial charge in [-0.25, -0.2) is 0 Å². The second kappa shape index (κ2) is 6.29. The lowest BCUT2D eigenvalue weighted by Crippen LogP contribution is -2.55. The van der Waals surface area contributed by atoms with E-state index in [-0.39, 0.29) is 5.41 Å². The average Bonchev–Trinajstić information content (AvgIpc) is 3.17. The van der Waals surface area contributed by atoms with Gasteiger partial charge in [0.2, 0.25) is 0 Å². The number of aromatic nitrogens is 1. The number of benzene rings is 1. The Labute approximate surface area is 196 Å². The number of hydrogen-bond donors (Lipinski definition) is 0. The fourth-order valence-corrected chi connectivity index (χ4v) is 8.37. The van der Waals surface area contributed by atoms with Gasteiger partial charge in [0.05, 0.1) is 22.8 Å². The van der Waals surface area contributed by atoms with Crippen molar-refractivity contribution >= 4 is 12.6 Å². The van der Waals surface area contributed by atoms with Gasteiger partial charge in [-0.1, -0.05) is 6.07 Å². The first-order chi connectivity index (χ1) is 15.7. The molecule has 5 heteroatoms. The molecular formula is C28H31BN2O2. The average molecular weight is 438 g/mol. The highest BCUT2D eigenvalue weighted by Gasteiger charge is 2.62. The Balaban J connectivity index is 1.46. The number of fused-ring (bicyclic) bond motifs is 3. The molecule has 4 saturated carbocycles. The Kier molecular flexibility index (Phi) is 3.86. The van der Waals surface area contributed by atoms with E-state index in [2.05, 4.69) is 56.9 Å². The van der Waals surface area contributed by atoms with Crippen LogP contribution in [0.5, 0.6) is 0 Å². The van der Waals surface area contributed by atoms with E-state index in [0.717, 1.165) is 17.3 Å². The van der Waals surface area contributed by atoms with Crippen molar-refractivity contribution in [2.24, 2.45) is 23.7 Å². The van der Waals surface area contributed by atoms with Crippen LogP contribution >= 0.6 is 0 Å². The van der Waals surface area contributed by atoms with Crippen molar-refractivity contribution < 1.29 is 9.31 Å². The lowest BCUT2D eigenvalue weighted by atomic mass is 9.43. The molecule has 1 spiro atoms. The summed E-state index contributed by atoms with van der Waals surface area (Å²) in [6.45, 7) is 8.31. The van der Waals surface area contributed by atoms with E-state index < -0.39 is 18.3 Å². The predicted molar refractivity (Wildman–Crippen MR) is 128 cm³/mol. The van der Waals surface area contributed by atoms with Gasteiger partial charge >= 0.3 is 7.12 Å². The zero-order chi connectivity index (χ0) is 22.8. The molecule has 4 bridgehead atoms. The number of hydrogen-bond acceptors (Lipinski definition) is 4. The molecule has 6 aliphatic rings. The van der Waals surface area contributed by atoms with Crippen molar-refractivity contribution in [3.05, 3.63) is 47.3 Å². The highest BCUT2D eigenvalue weighted by Crippen LogP contribution is 2.69. The molecule has 1 aromatic heterocycles. The van der Waals surface area contributed by atoms with Crippen LogP contribution in [-0.2, 0) is 14.7 Å². The highest BCUT2D eigenvalue weighted by atomic mass is 16.7. The van der Waals surface area contributed by atoms with E-state index in [9.17, 15) is 5.26 Å². The van der Waals surface area contributed by atoms with Crippen LogP contribution in [0, 0.1) is 35.0 Å². The standard InChI is InChI=1S/C28H31BN2O2/c1-26(2)27(3,4)33-29(32-26)25-13-24-21(12-18(25)14-30)22-15-31-6-5-23(22)28(24)19-8-16-7-17(10-19)11-20(28)9-16/h5-6,12-13,15-17,19-20H,7-11H2,1-4H3. The summed E-state index contributed by atoms with van der Waals surface area (Å²) < 4.78 is 12.9. The van der Waals surface area contributed by atoms with E-state index in [0.29, 0.717) is 17.4 Å². The molecule has 2 heterocycles. The number of nitrogens with zero attached hydrogens (tertiary/aromatic N) is 2. The maximum absolute atomic E-state index is 10.1. The number of nitriles is 1. The Morgan fingerprint density at radius 3 is 2.15 bits per heavy atom. The van der Waals surface area contributed by atoms with Crippen LogP contribution in [-0.4, -0.2) is 23.3 Å². The van der Waals surface area contributed by atoms with Gasteiger partial charge in [-0.2, -0.15) is 5.26 Å². The molecule has 2 aromatic rings. The zero-order valence-electron chi connectivity index (χ0n) is 20.0. The van der Waals surface area contributed by atoms with Crippen molar-refractivity contribution in [1.29, 1.82) is 5.26 Å². The maximum Gasteiger partial charge on any atom is 0.496 e. The summed E-state index contributed by atoms with van der Waals surface area (Å²) in [5, 5.41) is 10.1. The van der Waals surface area contributed by atoms with Crippen LogP contribution < -0.4 is 5.46 Å². The third kappa shape index (κ3) is 2.42. The molecule has 0 atom stereocenters. The maximum atomic E-state index is 10.1. The lowest BCUT2D eigenvalue weighted by Gasteiger charge is -2.61. The van der Waals surface area contributed by atoms with E-state index in [1.165, 1.54) is 54.4 Å². The van der Waals surface area contributed by atoms with Gasteiger partial charge in [0.1, 0.15) is 0 Å². The topological polar surface area (TPSA) is 55.1 Å². The first-order valence-corrected chi connectivity index (χ1v) is 12.6. The van der Waals surface area contributed by atoms with Crippen molar-refractivity contribution in [3.63, 3.8) is 0 Å². The molecule has 5 aliphatic carbocycles. The van der Waals surface area contributed by atoms with Crippen LogP contribution in [0.2, 0.25) is 0 Å². The second-order valence-electron chi connectivity index (χ2n) is 12.3. The van der Waals surface area contributed by atoms with E-state index >= 15 is 0 Å². The molecule has 0 radical (unpaired) electrons. The fourth-order valence-electron chi connectivity index (χ4n) is 8.37. The van der Waals surface area contributed by atoms with Gasteiger partial charge in [0, 0.05) is 28.8 Å². The Bertz CT molecular complexity index is 1180. The molecule has 0 unspecified atom stereocenters. The van der Waals surface area contributed by atoms with Crippen LogP contribution in [0.1, 0.15) is 76.5 Å². The molecule has 8 rings (SSSR count). The molecule has 0 amide bonds. The minimum absolute atomic E-state index is 0.0490. The largest absolute Gasteiger partial charge is 0.496 e. The summed E-state index contributed by atoms with van der Waals surface area (Å²) >= 11 is 0. The molecule has 33 heavy (non-hydrogen) atoms. The highest BCUT2D eigenvalue weighted by molar-refractivity contribution is 6.63. The number of pyridine rings is 1. The minimum atomic E-state index is -0.523. The summed E-state index contributed by atoms with van der Waals surface area (Å²) in [6.07, 6.45) is 10.8. The quantitative estimate of drug-likeness (QED) is 0.590. The predicted octanol–water partition coefficient (Wildman–Crippen LogP) is 4.98. The van der Waals surface area contributed by atoms with Crippen LogP contribution in [0.25, 0.3) is 11.1 Å². The van der Waals surface area contributed by atoms with E-state index in [4.69, 9.17) is 9.31 Å². The van der Waals surface area contributed by atoms with Gasteiger partial charge < -0.3 is 9.31 Å². The SMILES string of the molecule is CC1(C)OB(c2cc3c(cc2C#N)-c2cnccc2C32C3CC4CC(C3)CC2C4)OC1(C)C. The first kappa shape index (κ1) is 20.2. The molecule has 1 aromatic carbocycles. The summed E-state index contributed by atoms with van der Waals surface area (Å²) in [6, 6.07) is 9.15. The Morgan fingerprint density at radius 2 is 1.55 bits per heavy atom. The molecule has 168 valence electrons. The summed E-state index contributed by atoms with van der Waals surface area (Å²) in [7, 11) is -0.523. The third-order valence-corrected chi connectivity index (χ3v) is 10.2.